The van der Waals surface area contributed by atoms with Gasteiger partial charge in [0.25, 0.3) is 5.56 Å². The Morgan fingerprint density at radius 2 is 1.88 bits per heavy atom. The van der Waals surface area contributed by atoms with Crippen molar-refractivity contribution in [1.82, 2.24) is 9.55 Å². The van der Waals surface area contributed by atoms with E-state index >= 15 is 0 Å². The molecule has 1 atom stereocenters. The van der Waals surface area contributed by atoms with Gasteiger partial charge in [-0.05, 0) is 45.4 Å². The lowest BCUT2D eigenvalue weighted by molar-refractivity contribution is -0.118. The zero-order chi connectivity index (χ0) is 17.4. The van der Waals surface area contributed by atoms with Gasteiger partial charge >= 0.3 is 0 Å². The molecule has 3 rings (SSSR count). The molecule has 2 heterocycles. The van der Waals surface area contributed by atoms with E-state index in [1.807, 2.05) is 45.0 Å². The number of aromatic nitrogens is 2. The van der Waals surface area contributed by atoms with E-state index in [0.717, 1.165) is 20.8 Å². The number of nitrogens with zero attached hydrogens (tertiary/aromatic N) is 2. The molecular formula is C18H19N3O2S. The Bertz CT molecular complexity index is 970. The highest BCUT2D eigenvalue weighted by molar-refractivity contribution is 7.18. The first kappa shape index (κ1) is 16.4. The van der Waals surface area contributed by atoms with Gasteiger partial charge in [-0.25, -0.2) is 4.98 Å². The topological polar surface area (TPSA) is 64.0 Å². The monoisotopic (exact) mass is 341 g/mol. The van der Waals surface area contributed by atoms with Gasteiger partial charge in [-0.1, -0.05) is 17.7 Å². The molecule has 1 N–H and O–H groups in total. The third-order valence-electron chi connectivity index (χ3n) is 4.23. The third-order valence-corrected chi connectivity index (χ3v) is 5.35. The second-order valence-corrected chi connectivity index (χ2v) is 7.15. The minimum atomic E-state index is -0.643. The van der Waals surface area contributed by atoms with E-state index in [2.05, 4.69) is 10.3 Å². The van der Waals surface area contributed by atoms with Crippen LogP contribution in [0.1, 0.15) is 29.0 Å². The Hall–Kier alpha value is -2.47. The van der Waals surface area contributed by atoms with E-state index < -0.39 is 6.04 Å². The van der Waals surface area contributed by atoms with Crippen LogP contribution in [0, 0.1) is 20.8 Å². The summed E-state index contributed by atoms with van der Waals surface area (Å²) in [5, 5.41) is 3.45. The molecule has 0 radical (unpaired) electrons. The fourth-order valence-corrected chi connectivity index (χ4v) is 3.52. The molecule has 0 spiro atoms. The van der Waals surface area contributed by atoms with Crippen molar-refractivity contribution < 1.29 is 4.79 Å². The molecule has 124 valence electrons. The fourth-order valence-electron chi connectivity index (χ4n) is 2.53. The first-order valence-electron chi connectivity index (χ1n) is 7.73. The van der Waals surface area contributed by atoms with E-state index in [-0.39, 0.29) is 11.5 Å². The van der Waals surface area contributed by atoms with Crippen molar-refractivity contribution in [3.8, 4) is 0 Å². The predicted octanol–water partition coefficient (Wildman–Crippen LogP) is 3.58. The molecule has 1 amide bonds. The van der Waals surface area contributed by atoms with Gasteiger partial charge in [0.05, 0.1) is 11.7 Å². The summed E-state index contributed by atoms with van der Waals surface area (Å²) in [6.07, 6.45) is 1.46. The lowest BCUT2D eigenvalue weighted by Crippen LogP contribution is -2.31. The van der Waals surface area contributed by atoms with Gasteiger partial charge in [0.2, 0.25) is 5.91 Å². The van der Waals surface area contributed by atoms with Crippen LogP contribution in [0.25, 0.3) is 10.2 Å². The average molecular weight is 341 g/mol. The molecule has 0 bridgehead atoms. The summed E-state index contributed by atoms with van der Waals surface area (Å²) >= 11 is 1.50. The number of rotatable bonds is 3. The zero-order valence-corrected chi connectivity index (χ0v) is 14.9. The lowest BCUT2D eigenvalue weighted by atomic mass is 10.2. The van der Waals surface area contributed by atoms with E-state index in [4.69, 9.17) is 0 Å². The fraction of sp³-hybridized carbons (Fsp3) is 0.278. The van der Waals surface area contributed by atoms with Crippen LogP contribution >= 0.6 is 11.3 Å². The summed E-state index contributed by atoms with van der Waals surface area (Å²) < 4.78 is 1.39. The number of carbonyl (C=O) groups excluding carboxylic acids is 1. The van der Waals surface area contributed by atoms with Crippen molar-refractivity contribution in [2.75, 3.05) is 5.32 Å². The van der Waals surface area contributed by atoms with E-state index in [9.17, 15) is 9.59 Å². The second kappa shape index (κ2) is 6.20. The van der Waals surface area contributed by atoms with Gasteiger partial charge in [0.15, 0.2) is 0 Å². The molecule has 0 aliphatic heterocycles. The second-order valence-electron chi connectivity index (χ2n) is 5.95. The van der Waals surface area contributed by atoms with Gasteiger partial charge in [-0.15, -0.1) is 11.3 Å². The van der Waals surface area contributed by atoms with Crippen LogP contribution in [0.4, 0.5) is 5.69 Å². The van der Waals surface area contributed by atoms with E-state index in [1.54, 1.807) is 6.92 Å². The van der Waals surface area contributed by atoms with Crippen LogP contribution in [0.5, 0.6) is 0 Å². The van der Waals surface area contributed by atoms with Gasteiger partial charge in [-0.2, -0.15) is 0 Å². The molecule has 0 aliphatic carbocycles. The first-order valence-corrected chi connectivity index (χ1v) is 8.54. The van der Waals surface area contributed by atoms with Crippen molar-refractivity contribution in [2.45, 2.75) is 33.7 Å². The number of thiophene rings is 1. The molecule has 0 saturated heterocycles. The maximum absolute atomic E-state index is 12.8. The van der Waals surface area contributed by atoms with Crippen molar-refractivity contribution >= 4 is 33.1 Å². The lowest BCUT2D eigenvalue weighted by Gasteiger charge is -2.15. The van der Waals surface area contributed by atoms with Crippen molar-refractivity contribution in [3.05, 3.63) is 57.0 Å². The Labute approximate surface area is 144 Å². The number of carbonyl (C=O) groups is 1. The summed E-state index contributed by atoms with van der Waals surface area (Å²) in [5.74, 6) is -0.244. The van der Waals surface area contributed by atoms with Crippen LogP contribution in [0.15, 0.2) is 35.4 Å². The Morgan fingerprint density at radius 3 is 2.54 bits per heavy atom. The smallest absolute Gasteiger partial charge is 0.263 e. The number of anilines is 1. The number of fused-ring (bicyclic) bond motifs is 1. The van der Waals surface area contributed by atoms with Crippen LogP contribution < -0.4 is 10.9 Å². The minimum absolute atomic E-state index is 0.173. The first-order chi connectivity index (χ1) is 11.4. The number of amides is 1. The number of hydrogen-bond acceptors (Lipinski definition) is 4. The highest BCUT2D eigenvalue weighted by Crippen LogP contribution is 2.26. The summed E-state index contributed by atoms with van der Waals surface area (Å²) in [4.78, 5) is 31.4. The van der Waals surface area contributed by atoms with Gasteiger partial charge < -0.3 is 5.32 Å². The van der Waals surface area contributed by atoms with Crippen molar-refractivity contribution in [1.29, 1.82) is 0 Å². The maximum Gasteiger partial charge on any atom is 0.263 e. The van der Waals surface area contributed by atoms with Crippen molar-refractivity contribution in [2.24, 2.45) is 0 Å². The molecule has 1 aromatic carbocycles. The molecular weight excluding hydrogens is 322 g/mol. The standard InChI is InChI=1S/C18H19N3O2S/c1-10-5-7-14(8-6-10)20-16(22)12(3)21-9-19-17-15(18(21)23)11(2)13(4)24-17/h5-9,12H,1-4H3,(H,20,22)/t12-/m0/s1. The number of hydrogen-bond donors (Lipinski definition) is 1. The SMILES string of the molecule is Cc1ccc(NC(=O)[C@H](C)n2cnc3sc(C)c(C)c3c2=O)cc1. The summed E-state index contributed by atoms with van der Waals surface area (Å²) in [7, 11) is 0. The van der Waals surface area contributed by atoms with E-state index in [0.29, 0.717) is 11.1 Å². The zero-order valence-electron chi connectivity index (χ0n) is 14.1. The Balaban J connectivity index is 1.93. The summed E-state index contributed by atoms with van der Waals surface area (Å²) in [6.45, 7) is 7.57. The highest BCUT2D eigenvalue weighted by Gasteiger charge is 2.20. The molecule has 0 unspecified atom stereocenters. The summed E-state index contributed by atoms with van der Waals surface area (Å²) in [5.41, 5.74) is 2.60. The third kappa shape index (κ3) is 2.85. The van der Waals surface area contributed by atoms with Crippen molar-refractivity contribution in [3.63, 3.8) is 0 Å². The predicted molar refractivity (Wildman–Crippen MR) is 97.9 cm³/mol. The molecule has 6 heteroatoms. The Kier molecular flexibility index (Phi) is 4.24. The van der Waals surface area contributed by atoms with E-state index in [1.165, 1.54) is 22.2 Å². The number of benzene rings is 1. The van der Waals surface area contributed by atoms with Gasteiger partial charge in [0.1, 0.15) is 10.9 Å². The number of aryl methyl sites for hydroxylation is 3. The minimum Gasteiger partial charge on any atom is -0.324 e. The average Bonchev–Trinajstić information content (AvgIpc) is 2.85. The Morgan fingerprint density at radius 1 is 1.21 bits per heavy atom. The molecule has 24 heavy (non-hydrogen) atoms. The molecule has 2 aromatic heterocycles. The molecule has 0 fully saturated rings. The molecule has 3 aromatic rings. The molecule has 0 saturated carbocycles. The molecule has 5 nitrogen and oxygen atoms in total. The normalized spacial score (nSPS) is 12.3. The van der Waals surface area contributed by atoms with Crippen LogP contribution in [-0.2, 0) is 4.79 Å². The van der Waals surface area contributed by atoms with Crippen LogP contribution in [0.3, 0.4) is 0 Å². The van der Waals surface area contributed by atoms with Gasteiger partial charge in [-0.3, -0.25) is 14.2 Å². The van der Waals surface area contributed by atoms with Crippen LogP contribution in [0.2, 0.25) is 0 Å². The van der Waals surface area contributed by atoms with Crippen LogP contribution in [-0.4, -0.2) is 15.5 Å². The largest absolute Gasteiger partial charge is 0.324 e. The summed E-state index contributed by atoms with van der Waals surface area (Å²) in [6, 6.07) is 6.90. The number of nitrogens with one attached hydrogen (secondary N) is 1. The molecule has 0 aliphatic rings. The van der Waals surface area contributed by atoms with Gasteiger partial charge in [0, 0.05) is 10.6 Å². The highest BCUT2D eigenvalue weighted by atomic mass is 32.1. The maximum atomic E-state index is 12.8. The quantitative estimate of drug-likeness (QED) is 0.792.